The van der Waals surface area contributed by atoms with Gasteiger partial charge in [-0.2, -0.15) is 5.06 Å². The zero-order chi connectivity index (χ0) is 21.4. The number of halogens is 1. The number of aryl methyl sites for hydroxylation is 1. The highest BCUT2D eigenvalue weighted by Crippen LogP contribution is 2.24. The van der Waals surface area contributed by atoms with E-state index in [4.69, 9.17) is 4.28 Å². The quantitative estimate of drug-likeness (QED) is 0.387. The zero-order valence-electron chi connectivity index (χ0n) is 16.9. The lowest BCUT2D eigenvalue weighted by Crippen LogP contribution is -2.42. The van der Waals surface area contributed by atoms with E-state index >= 15 is 0 Å². The molecule has 7 nitrogen and oxygen atoms in total. The molecule has 0 aliphatic carbocycles. The molecule has 0 unspecified atom stereocenters. The molecule has 0 aliphatic rings. The number of amides is 2. The third-order valence-corrected chi connectivity index (χ3v) is 4.83. The Morgan fingerprint density at radius 2 is 1.66 bits per heavy atom. The number of nitrogens with zero attached hydrogens (tertiary/aromatic N) is 2. The van der Waals surface area contributed by atoms with Gasteiger partial charge in [0.2, 0.25) is 0 Å². The van der Waals surface area contributed by atoms with Crippen LogP contribution in [0.1, 0.15) is 40.1 Å². The Morgan fingerprint density at radius 1 is 1.03 bits per heavy atom. The molecule has 2 aromatic carbocycles. The number of carbonyl (C=O) groups is 2. The van der Waals surface area contributed by atoms with Crippen LogP contribution < -0.4 is 15.2 Å². The molecular weight excluding hydrogens is 395 g/mol. The predicted molar refractivity (Wildman–Crippen MR) is 113 cm³/mol. The first-order chi connectivity index (χ1) is 13.8. The summed E-state index contributed by atoms with van der Waals surface area (Å²) in [6, 6.07) is 11.0. The number of hydrogen-bond donors (Lipinski definition) is 2. The number of hydrazine groups is 1. The van der Waals surface area contributed by atoms with Crippen molar-refractivity contribution in [1.29, 1.82) is 0 Å². The highest BCUT2D eigenvalue weighted by Gasteiger charge is 2.16. The lowest BCUT2D eigenvalue weighted by atomic mass is 10.1. The molecule has 0 saturated carbocycles. The predicted octanol–water partition coefficient (Wildman–Crippen LogP) is 3.48. The Balaban J connectivity index is 2.01. The number of benzene rings is 2. The Bertz CT molecular complexity index is 844. The van der Waals surface area contributed by atoms with E-state index in [0.29, 0.717) is 11.3 Å². The van der Waals surface area contributed by atoms with Gasteiger partial charge in [0.1, 0.15) is 18.0 Å². The molecule has 0 aliphatic heterocycles. The van der Waals surface area contributed by atoms with Gasteiger partial charge in [0.05, 0.1) is 5.56 Å². The fourth-order valence-corrected chi connectivity index (χ4v) is 2.92. The molecule has 0 radical (unpaired) electrons. The molecule has 0 saturated heterocycles. The second-order valence-corrected chi connectivity index (χ2v) is 7.05. The van der Waals surface area contributed by atoms with Crippen LogP contribution in [-0.2, 0) is 4.28 Å². The summed E-state index contributed by atoms with van der Waals surface area (Å²) in [5.74, 6) is -1.94. The van der Waals surface area contributed by atoms with Gasteiger partial charge in [0.25, 0.3) is 11.8 Å². The van der Waals surface area contributed by atoms with E-state index in [0.717, 1.165) is 30.9 Å². The molecule has 29 heavy (non-hydrogen) atoms. The molecule has 156 valence electrons. The Kier molecular flexibility index (Phi) is 8.44. The molecular formula is C20H25FN4O3S. The second-order valence-electron chi connectivity index (χ2n) is 6.20. The summed E-state index contributed by atoms with van der Waals surface area (Å²) in [6.45, 7) is 7.27. The molecule has 2 N–H and O–H groups in total. The van der Waals surface area contributed by atoms with Crippen LogP contribution in [0.15, 0.2) is 42.5 Å². The van der Waals surface area contributed by atoms with Gasteiger partial charge in [-0.05, 0) is 37.3 Å². The highest BCUT2D eigenvalue weighted by molar-refractivity contribution is 7.96. The van der Waals surface area contributed by atoms with E-state index < -0.39 is 17.6 Å². The third-order valence-electron chi connectivity index (χ3n) is 4.12. The molecule has 0 atom stereocenters. The molecule has 0 aromatic heterocycles. The van der Waals surface area contributed by atoms with Crippen molar-refractivity contribution in [3.63, 3.8) is 0 Å². The summed E-state index contributed by atoms with van der Waals surface area (Å²) < 4.78 is 21.4. The summed E-state index contributed by atoms with van der Waals surface area (Å²) in [6.07, 6.45) is 0. The molecule has 0 spiro atoms. The van der Waals surface area contributed by atoms with Crippen molar-refractivity contribution in [1.82, 2.24) is 15.9 Å². The summed E-state index contributed by atoms with van der Waals surface area (Å²) in [7, 11) is 1.74. The molecule has 2 aromatic rings. The topological polar surface area (TPSA) is 73.9 Å². The van der Waals surface area contributed by atoms with Gasteiger partial charge < -0.3 is 0 Å². The number of carbonyl (C=O) groups excluding carboxylic acids is 2. The minimum absolute atomic E-state index is 0.193. The standard InChI is InChI=1S/C20H25FN4O3S/c1-5-25(6-2)28-29-24(4)16-11-12-18(21)17(13-16)20(27)23-22-19(26)15-9-7-14(3)8-10-15/h7-13H,5-6H2,1-4H3,(H,22,26)(H,23,27). The Morgan fingerprint density at radius 3 is 2.28 bits per heavy atom. The molecule has 2 rings (SSSR count). The number of anilines is 1. The first-order valence-corrected chi connectivity index (χ1v) is 9.85. The minimum Gasteiger partial charge on any atom is -0.295 e. The number of hydroxylamine groups is 2. The van der Waals surface area contributed by atoms with Crippen LogP contribution in [0.4, 0.5) is 10.1 Å². The van der Waals surface area contributed by atoms with E-state index in [2.05, 4.69) is 10.9 Å². The van der Waals surface area contributed by atoms with Gasteiger partial charge in [-0.3, -0.25) is 24.7 Å². The molecule has 0 heterocycles. The van der Waals surface area contributed by atoms with Crippen molar-refractivity contribution >= 4 is 29.7 Å². The van der Waals surface area contributed by atoms with Gasteiger partial charge in [0.15, 0.2) is 0 Å². The second kappa shape index (κ2) is 10.8. The smallest absolute Gasteiger partial charge is 0.272 e. The first kappa shape index (κ1) is 22.7. The van der Waals surface area contributed by atoms with E-state index in [1.165, 1.54) is 18.2 Å². The average Bonchev–Trinajstić information content (AvgIpc) is 2.73. The summed E-state index contributed by atoms with van der Waals surface area (Å²) in [5, 5.41) is 1.75. The maximum Gasteiger partial charge on any atom is 0.272 e. The fourth-order valence-electron chi connectivity index (χ4n) is 2.31. The van der Waals surface area contributed by atoms with Gasteiger partial charge in [0, 0.05) is 31.4 Å². The van der Waals surface area contributed by atoms with Gasteiger partial charge in [-0.1, -0.05) is 31.5 Å². The fraction of sp³-hybridized carbons (Fsp3) is 0.300. The van der Waals surface area contributed by atoms with Crippen LogP contribution >= 0.6 is 12.2 Å². The van der Waals surface area contributed by atoms with E-state index in [-0.39, 0.29) is 5.56 Å². The van der Waals surface area contributed by atoms with Crippen LogP contribution in [0.2, 0.25) is 0 Å². The van der Waals surface area contributed by atoms with Crippen molar-refractivity contribution in [2.75, 3.05) is 24.4 Å². The third kappa shape index (κ3) is 6.45. The van der Waals surface area contributed by atoms with Crippen molar-refractivity contribution in [2.45, 2.75) is 20.8 Å². The Hall–Kier alpha value is -2.62. The van der Waals surface area contributed by atoms with Crippen LogP contribution in [0.3, 0.4) is 0 Å². The Labute approximate surface area is 174 Å². The van der Waals surface area contributed by atoms with E-state index in [1.54, 1.807) is 40.7 Å². The maximum absolute atomic E-state index is 14.2. The van der Waals surface area contributed by atoms with Crippen LogP contribution in [-0.4, -0.2) is 37.0 Å². The summed E-state index contributed by atoms with van der Waals surface area (Å²) in [4.78, 5) is 24.5. The van der Waals surface area contributed by atoms with Crippen LogP contribution in [0.5, 0.6) is 0 Å². The average molecular weight is 421 g/mol. The highest BCUT2D eigenvalue weighted by atomic mass is 32.2. The SMILES string of the molecule is CCN(CC)OSN(C)c1ccc(F)c(C(=O)NNC(=O)c2ccc(C)cc2)c1. The van der Waals surface area contributed by atoms with Gasteiger partial charge in [-0.25, -0.2) is 8.67 Å². The molecule has 2 amide bonds. The molecule has 0 fully saturated rings. The lowest BCUT2D eigenvalue weighted by molar-refractivity contribution is -0.0266. The largest absolute Gasteiger partial charge is 0.295 e. The zero-order valence-corrected chi connectivity index (χ0v) is 17.7. The summed E-state index contributed by atoms with van der Waals surface area (Å²) in [5.41, 5.74) is 6.31. The van der Waals surface area contributed by atoms with Crippen molar-refractivity contribution in [2.24, 2.45) is 0 Å². The summed E-state index contributed by atoms with van der Waals surface area (Å²) >= 11 is 1.07. The van der Waals surface area contributed by atoms with Crippen LogP contribution in [0, 0.1) is 12.7 Å². The number of rotatable bonds is 8. The van der Waals surface area contributed by atoms with E-state index in [9.17, 15) is 14.0 Å². The number of nitrogens with one attached hydrogen (secondary N) is 2. The van der Waals surface area contributed by atoms with Crippen LogP contribution in [0.25, 0.3) is 0 Å². The molecule has 9 heteroatoms. The monoisotopic (exact) mass is 420 g/mol. The normalized spacial score (nSPS) is 10.7. The first-order valence-electron chi connectivity index (χ1n) is 9.16. The van der Waals surface area contributed by atoms with Crippen molar-refractivity contribution < 1.29 is 18.3 Å². The minimum atomic E-state index is -0.757. The lowest BCUT2D eigenvalue weighted by Gasteiger charge is -2.22. The number of hydrogen-bond acceptors (Lipinski definition) is 6. The molecule has 0 bridgehead atoms. The van der Waals surface area contributed by atoms with E-state index in [1.807, 2.05) is 20.8 Å². The van der Waals surface area contributed by atoms with Gasteiger partial charge >= 0.3 is 0 Å². The van der Waals surface area contributed by atoms with Crippen molar-refractivity contribution in [3.05, 3.63) is 65.0 Å². The van der Waals surface area contributed by atoms with Crippen molar-refractivity contribution in [3.8, 4) is 0 Å². The van der Waals surface area contributed by atoms with Gasteiger partial charge in [-0.15, -0.1) is 0 Å². The maximum atomic E-state index is 14.2.